The van der Waals surface area contributed by atoms with Gasteiger partial charge in [-0.15, -0.1) is 11.3 Å². The van der Waals surface area contributed by atoms with Crippen molar-refractivity contribution in [2.75, 3.05) is 0 Å². The Labute approximate surface area is 137 Å². The largest absolute Gasteiger partial charge is 0.319 e. The van der Waals surface area contributed by atoms with E-state index >= 15 is 0 Å². The van der Waals surface area contributed by atoms with Gasteiger partial charge in [-0.2, -0.15) is 4.99 Å². The van der Waals surface area contributed by atoms with Crippen molar-refractivity contribution in [3.8, 4) is 0 Å². The van der Waals surface area contributed by atoms with Crippen molar-refractivity contribution in [3.05, 3.63) is 54.5 Å². The Morgan fingerprint density at radius 2 is 2.09 bits per heavy atom. The number of thiazole rings is 1. The lowest BCUT2D eigenvalue weighted by atomic mass is 10.3. The van der Waals surface area contributed by atoms with Gasteiger partial charge in [0, 0.05) is 19.2 Å². The van der Waals surface area contributed by atoms with Crippen LogP contribution in [0.3, 0.4) is 0 Å². The van der Waals surface area contributed by atoms with E-state index in [9.17, 15) is 14.9 Å². The number of non-ortho nitro benzene ring substituents is 1. The summed E-state index contributed by atoms with van der Waals surface area (Å²) in [4.78, 5) is 27.5. The zero-order valence-corrected chi connectivity index (χ0v) is 13.5. The van der Waals surface area contributed by atoms with Crippen LogP contribution in [0.5, 0.6) is 0 Å². The van der Waals surface area contributed by atoms with E-state index in [0.717, 1.165) is 16.9 Å². The molecular weight excluding hydrogens is 346 g/mol. The molecule has 22 heavy (non-hydrogen) atoms. The fourth-order valence-corrected chi connectivity index (χ4v) is 3.89. The Balaban J connectivity index is 2.10. The second kappa shape index (κ2) is 5.64. The molecular formula is C13H8ClN3O3S2. The molecule has 6 nitrogen and oxygen atoms in total. The van der Waals surface area contributed by atoms with Crippen molar-refractivity contribution < 1.29 is 9.72 Å². The number of nitro groups is 1. The van der Waals surface area contributed by atoms with Crippen molar-refractivity contribution in [3.63, 3.8) is 0 Å². The SMILES string of the molecule is Cn1c(=NC(=O)c2ccc(Cl)s2)sc2cc([N+](=O)[O-])ccc21. The second-order valence-corrected chi connectivity index (χ2v) is 7.10. The summed E-state index contributed by atoms with van der Waals surface area (Å²) in [5.41, 5.74) is 0.795. The first kappa shape index (κ1) is 14.9. The van der Waals surface area contributed by atoms with E-state index in [1.807, 2.05) is 0 Å². The van der Waals surface area contributed by atoms with Crippen LogP contribution in [-0.4, -0.2) is 15.4 Å². The minimum absolute atomic E-state index is 0.0114. The number of amides is 1. The molecule has 2 heterocycles. The summed E-state index contributed by atoms with van der Waals surface area (Å²) in [6.07, 6.45) is 0. The maximum Gasteiger partial charge on any atom is 0.289 e. The number of thiophene rings is 1. The molecule has 112 valence electrons. The number of fused-ring (bicyclic) bond motifs is 1. The van der Waals surface area contributed by atoms with Gasteiger partial charge in [0.05, 0.1) is 24.4 Å². The summed E-state index contributed by atoms with van der Waals surface area (Å²) in [5.74, 6) is -0.381. The van der Waals surface area contributed by atoms with Crippen molar-refractivity contribution in [2.24, 2.45) is 12.0 Å². The number of hydrogen-bond donors (Lipinski definition) is 0. The molecule has 0 radical (unpaired) electrons. The van der Waals surface area contributed by atoms with Crippen LogP contribution in [0.4, 0.5) is 5.69 Å². The fraction of sp³-hybridized carbons (Fsp3) is 0.0769. The molecule has 0 saturated carbocycles. The molecule has 0 spiro atoms. The van der Waals surface area contributed by atoms with E-state index in [0.29, 0.717) is 18.7 Å². The Hall–Kier alpha value is -2.03. The molecule has 0 fully saturated rings. The van der Waals surface area contributed by atoms with Gasteiger partial charge in [-0.25, -0.2) is 0 Å². The molecule has 3 rings (SSSR count). The Morgan fingerprint density at radius 1 is 1.32 bits per heavy atom. The van der Waals surface area contributed by atoms with Gasteiger partial charge in [-0.1, -0.05) is 22.9 Å². The van der Waals surface area contributed by atoms with Crippen molar-refractivity contribution in [1.82, 2.24) is 4.57 Å². The molecule has 0 N–H and O–H groups in total. The van der Waals surface area contributed by atoms with Gasteiger partial charge in [-0.05, 0) is 18.2 Å². The van der Waals surface area contributed by atoms with Gasteiger partial charge >= 0.3 is 0 Å². The third-order valence-electron chi connectivity index (χ3n) is 2.98. The molecule has 1 aromatic carbocycles. The predicted octanol–water partition coefficient (Wildman–Crippen LogP) is 3.60. The summed E-state index contributed by atoms with van der Waals surface area (Å²) in [6, 6.07) is 7.82. The lowest BCUT2D eigenvalue weighted by Crippen LogP contribution is -2.12. The summed E-state index contributed by atoms with van der Waals surface area (Å²) in [6.45, 7) is 0. The molecule has 1 amide bonds. The molecule has 3 aromatic rings. The Bertz CT molecular complexity index is 970. The van der Waals surface area contributed by atoms with E-state index in [2.05, 4.69) is 4.99 Å². The Kier molecular flexibility index (Phi) is 3.81. The van der Waals surface area contributed by atoms with Crippen LogP contribution in [0.2, 0.25) is 4.34 Å². The predicted molar refractivity (Wildman–Crippen MR) is 86.7 cm³/mol. The fourth-order valence-electron chi connectivity index (χ4n) is 1.91. The molecule has 0 aliphatic rings. The zero-order chi connectivity index (χ0) is 15.9. The third-order valence-corrected chi connectivity index (χ3v) is 5.30. The molecule has 0 unspecified atom stereocenters. The van der Waals surface area contributed by atoms with Gasteiger partial charge in [0.25, 0.3) is 11.6 Å². The first-order valence-corrected chi connectivity index (χ1v) is 8.05. The standard InChI is InChI=1S/C13H8ClN3O3S2/c1-16-8-3-2-7(17(19)20)6-10(8)22-13(16)15-12(18)9-4-5-11(14)21-9/h2-6H,1H3. The van der Waals surface area contributed by atoms with Gasteiger partial charge < -0.3 is 4.57 Å². The van der Waals surface area contributed by atoms with Crippen LogP contribution in [0.15, 0.2) is 35.3 Å². The number of carbonyl (C=O) groups is 1. The van der Waals surface area contributed by atoms with E-state index < -0.39 is 4.92 Å². The summed E-state index contributed by atoms with van der Waals surface area (Å²) in [7, 11) is 1.76. The van der Waals surface area contributed by atoms with Crippen LogP contribution in [-0.2, 0) is 7.05 Å². The first-order valence-electron chi connectivity index (χ1n) is 6.04. The number of nitrogens with zero attached hydrogens (tertiary/aromatic N) is 3. The van der Waals surface area contributed by atoms with Crippen molar-refractivity contribution in [1.29, 1.82) is 0 Å². The average molecular weight is 354 g/mol. The first-order chi connectivity index (χ1) is 10.5. The van der Waals surface area contributed by atoms with E-state index in [1.54, 1.807) is 29.8 Å². The monoisotopic (exact) mass is 353 g/mol. The number of aromatic nitrogens is 1. The van der Waals surface area contributed by atoms with Crippen LogP contribution in [0.1, 0.15) is 9.67 Å². The van der Waals surface area contributed by atoms with E-state index in [4.69, 9.17) is 11.6 Å². The van der Waals surface area contributed by atoms with Crippen LogP contribution < -0.4 is 4.80 Å². The number of benzene rings is 1. The quantitative estimate of drug-likeness (QED) is 0.521. The number of carbonyl (C=O) groups excluding carboxylic acids is 1. The van der Waals surface area contributed by atoms with Gasteiger partial charge in [0.2, 0.25) is 0 Å². The molecule has 0 saturated heterocycles. The molecule has 9 heteroatoms. The lowest BCUT2D eigenvalue weighted by molar-refractivity contribution is -0.384. The Morgan fingerprint density at radius 3 is 2.73 bits per heavy atom. The number of rotatable bonds is 2. The van der Waals surface area contributed by atoms with Crippen LogP contribution in [0, 0.1) is 10.1 Å². The van der Waals surface area contributed by atoms with Gasteiger partial charge in [0.1, 0.15) is 0 Å². The molecule has 2 aromatic heterocycles. The molecule has 0 bridgehead atoms. The van der Waals surface area contributed by atoms with Gasteiger partial charge in [0.15, 0.2) is 4.80 Å². The highest BCUT2D eigenvalue weighted by atomic mass is 35.5. The summed E-state index contributed by atoms with van der Waals surface area (Å²) < 4.78 is 2.96. The minimum Gasteiger partial charge on any atom is -0.319 e. The summed E-state index contributed by atoms with van der Waals surface area (Å²) in [5, 5.41) is 10.8. The molecule has 0 atom stereocenters. The molecule has 0 aliphatic carbocycles. The maximum absolute atomic E-state index is 12.1. The van der Waals surface area contributed by atoms with E-state index in [-0.39, 0.29) is 11.6 Å². The smallest absolute Gasteiger partial charge is 0.289 e. The number of aryl methyl sites for hydroxylation is 1. The number of nitro benzene ring substituents is 1. The number of hydrogen-bond acceptors (Lipinski definition) is 5. The van der Waals surface area contributed by atoms with Crippen LogP contribution in [0.25, 0.3) is 10.2 Å². The van der Waals surface area contributed by atoms with Crippen molar-refractivity contribution >= 4 is 56.1 Å². The normalized spacial score (nSPS) is 12.0. The minimum atomic E-state index is -0.450. The maximum atomic E-state index is 12.1. The van der Waals surface area contributed by atoms with Crippen LogP contribution >= 0.6 is 34.3 Å². The highest BCUT2D eigenvalue weighted by Gasteiger charge is 2.12. The van der Waals surface area contributed by atoms with E-state index in [1.165, 1.54) is 23.5 Å². The highest BCUT2D eigenvalue weighted by Crippen LogP contribution is 2.24. The van der Waals surface area contributed by atoms with Gasteiger partial charge in [-0.3, -0.25) is 14.9 Å². The third kappa shape index (κ3) is 2.68. The molecule has 0 aliphatic heterocycles. The summed E-state index contributed by atoms with van der Waals surface area (Å²) >= 11 is 8.20. The second-order valence-electron chi connectivity index (χ2n) is 4.37. The zero-order valence-electron chi connectivity index (χ0n) is 11.1. The van der Waals surface area contributed by atoms with Crippen molar-refractivity contribution in [2.45, 2.75) is 0 Å². The topological polar surface area (TPSA) is 77.5 Å². The number of halogens is 1. The average Bonchev–Trinajstić information content (AvgIpc) is 3.03. The highest BCUT2D eigenvalue weighted by molar-refractivity contribution is 7.18. The lowest BCUT2D eigenvalue weighted by Gasteiger charge is -1.95.